The lowest BCUT2D eigenvalue weighted by Crippen LogP contribution is -2.24. The van der Waals surface area contributed by atoms with Gasteiger partial charge in [0.25, 0.3) is 5.91 Å². The molecule has 39 heavy (non-hydrogen) atoms. The molecule has 0 fully saturated rings. The third-order valence-electron chi connectivity index (χ3n) is 5.55. The number of nitrogens with zero attached hydrogens (tertiary/aromatic N) is 3. The molecule has 0 aliphatic rings. The third kappa shape index (κ3) is 7.29. The lowest BCUT2D eigenvalue weighted by molar-refractivity contribution is -0.113. The minimum atomic E-state index is -0.275. The normalized spacial score (nSPS) is 10.5. The van der Waals surface area contributed by atoms with Crippen LogP contribution in [0.3, 0.4) is 0 Å². The first-order chi connectivity index (χ1) is 19.0. The Morgan fingerprint density at radius 2 is 1.62 bits per heavy atom. The third-order valence-corrected chi connectivity index (χ3v) is 6.48. The van der Waals surface area contributed by atoms with E-state index in [0.29, 0.717) is 40.3 Å². The number of aromatic nitrogens is 3. The van der Waals surface area contributed by atoms with Crippen LogP contribution in [0.4, 0.5) is 5.69 Å². The highest BCUT2D eigenvalue weighted by Crippen LogP contribution is 2.25. The highest BCUT2D eigenvalue weighted by Gasteiger charge is 2.18. The highest BCUT2D eigenvalue weighted by atomic mass is 32.2. The quantitative estimate of drug-likeness (QED) is 0.252. The predicted octanol–water partition coefficient (Wildman–Crippen LogP) is 4.34. The number of amides is 2. The number of hydrogen-bond acceptors (Lipinski definition) is 8. The van der Waals surface area contributed by atoms with Gasteiger partial charge in [0.1, 0.15) is 17.2 Å². The van der Waals surface area contributed by atoms with Gasteiger partial charge in [0.2, 0.25) is 5.91 Å². The van der Waals surface area contributed by atoms with Crippen molar-refractivity contribution in [3.63, 3.8) is 0 Å². The lowest BCUT2D eigenvalue weighted by Gasteiger charge is -2.12. The number of carbonyl (C=O) groups excluding carboxylic acids is 2. The molecule has 0 saturated carbocycles. The van der Waals surface area contributed by atoms with Crippen molar-refractivity contribution < 1.29 is 23.8 Å². The lowest BCUT2D eigenvalue weighted by atomic mass is 10.2. The van der Waals surface area contributed by atoms with Gasteiger partial charge in [-0.1, -0.05) is 17.8 Å². The van der Waals surface area contributed by atoms with E-state index in [0.717, 1.165) is 11.4 Å². The number of carbonyl (C=O) groups is 2. The number of ether oxygens (including phenoxy) is 3. The predicted molar refractivity (Wildman–Crippen MR) is 149 cm³/mol. The summed E-state index contributed by atoms with van der Waals surface area (Å²) in [5, 5.41) is 14.9. The van der Waals surface area contributed by atoms with Gasteiger partial charge < -0.3 is 24.8 Å². The molecule has 11 heteroatoms. The standard InChI is InChI=1S/C28H29N5O5S/c1-4-38-23-14-10-21(11-15-23)33-25(17-29-27(35)19-6-5-7-24(16-19)37-3)31-32-28(33)39-18-26(34)30-20-8-12-22(36-2)13-9-20/h5-16H,4,17-18H2,1-3H3,(H,29,35)(H,30,34). The highest BCUT2D eigenvalue weighted by molar-refractivity contribution is 7.99. The van der Waals surface area contributed by atoms with Crippen molar-refractivity contribution in [2.24, 2.45) is 0 Å². The maximum Gasteiger partial charge on any atom is 0.251 e. The second-order valence-corrected chi connectivity index (χ2v) is 9.08. The minimum Gasteiger partial charge on any atom is -0.497 e. The van der Waals surface area contributed by atoms with Crippen molar-refractivity contribution in [2.75, 3.05) is 31.9 Å². The molecule has 0 radical (unpaired) electrons. The molecule has 0 atom stereocenters. The zero-order chi connectivity index (χ0) is 27.6. The van der Waals surface area contributed by atoms with Gasteiger partial charge in [-0.2, -0.15) is 0 Å². The van der Waals surface area contributed by atoms with E-state index in [1.165, 1.54) is 11.8 Å². The van der Waals surface area contributed by atoms with Crippen molar-refractivity contribution >= 4 is 29.3 Å². The topological polar surface area (TPSA) is 117 Å². The van der Waals surface area contributed by atoms with E-state index in [1.54, 1.807) is 62.8 Å². The fourth-order valence-corrected chi connectivity index (χ4v) is 4.42. The number of nitrogens with one attached hydrogen (secondary N) is 2. The van der Waals surface area contributed by atoms with Crippen molar-refractivity contribution in [3.8, 4) is 22.9 Å². The van der Waals surface area contributed by atoms with Crippen LogP contribution in [0.2, 0.25) is 0 Å². The number of anilines is 1. The molecule has 202 valence electrons. The van der Waals surface area contributed by atoms with Gasteiger partial charge in [-0.15, -0.1) is 10.2 Å². The van der Waals surface area contributed by atoms with Crippen LogP contribution in [0.15, 0.2) is 78.0 Å². The van der Waals surface area contributed by atoms with Crippen LogP contribution in [-0.4, -0.2) is 53.2 Å². The molecule has 10 nitrogen and oxygen atoms in total. The Morgan fingerprint density at radius 1 is 0.897 bits per heavy atom. The molecule has 2 N–H and O–H groups in total. The summed E-state index contributed by atoms with van der Waals surface area (Å²) in [5.41, 5.74) is 1.90. The molecular weight excluding hydrogens is 518 g/mol. The Balaban J connectivity index is 1.50. The SMILES string of the molecule is CCOc1ccc(-n2c(CNC(=O)c3cccc(OC)c3)nnc2SCC(=O)Nc2ccc(OC)cc2)cc1. The molecule has 0 spiro atoms. The summed E-state index contributed by atoms with van der Waals surface area (Å²) in [4.78, 5) is 25.4. The first kappa shape index (κ1) is 27.5. The number of hydrogen-bond donors (Lipinski definition) is 2. The maximum absolute atomic E-state index is 12.8. The van der Waals surface area contributed by atoms with Crippen LogP contribution in [0.5, 0.6) is 17.2 Å². The van der Waals surface area contributed by atoms with E-state index >= 15 is 0 Å². The van der Waals surface area contributed by atoms with Crippen LogP contribution in [0, 0.1) is 0 Å². The van der Waals surface area contributed by atoms with Crippen LogP contribution in [-0.2, 0) is 11.3 Å². The Morgan fingerprint density at radius 3 is 2.31 bits per heavy atom. The summed E-state index contributed by atoms with van der Waals surface area (Å²) < 4.78 is 17.7. The monoisotopic (exact) mass is 547 g/mol. The maximum atomic E-state index is 12.8. The molecule has 1 aromatic heterocycles. The number of benzene rings is 3. The second kappa shape index (κ2) is 13.3. The van der Waals surface area contributed by atoms with Crippen molar-refractivity contribution in [1.29, 1.82) is 0 Å². The van der Waals surface area contributed by atoms with Crippen LogP contribution in [0.1, 0.15) is 23.1 Å². The van der Waals surface area contributed by atoms with Crippen LogP contribution in [0.25, 0.3) is 5.69 Å². The molecule has 0 aliphatic heterocycles. The molecule has 0 bridgehead atoms. The number of rotatable bonds is 12. The fourth-order valence-electron chi connectivity index (χ4n) is 3.65. The number of thioether (sulfide) groups is 1. The van der Waals surface area contributed by atoms with Gasteiger partial charge in [0.15, 0.2) is 11.0 Å². The van der Waals surface area contributed by atoms with Gasteiger partial charge >= 0.3 is 0 Å². The van der Waals surface area contributed by atoms with Crippen molar-refractivity contribution in [2.45, 2.75) is 18.6 Å². The Labute approximate surface area is 230 Å². The van der Waals surface area contributed by atoms with E-state index in [1.807, 2.05) is 35.8 Å². The second-order valence-electron chi connectivity index (χ2n) is 8.14. The molecule has 0 aliphatic carbocycles. The van der Waals surface area contributed by atoms with Gasteiger partial charge in [0, 0.05) is 16.9 Å². The van der Waals surface area contributed by atoms with Crippen molar-refractivity contribution in [3.05, 3.63) is 84.2 Å². The van der Waals surface area contributed by atoms with E-state index in [4.69, 9.17) is 14.2 Å². The van der Waals surface area contributed by atoms with Crippen molar-refractivity contribution in [1.82, 2.24) is 20.1 Å². The molecule has 4 aromatic rings. The molecule has 4 rings (SSSR count). The van der Waals surface area contributed by atoms with E-state index in [9.17, 15) is 9.59 Å². The molecule has 0 unspecified atom stereocenters. The minimum absolute atomic E-state index is 0.108. The van der Waals surface area contributed by atoms with Gasteiger partial charge in [-0.3, -0.25) is 14.2 Å². The smallest absolute Gasteiger partial charge is 0.251 e. The first-order valence-electron chi connectivity index (χ1n) is 12.2. The Kier molecular flexibility index (Phi) is 9.41. The van der Waals surface area contributed by atoms with E-state index in [2.05, 4.69) is 20.8 Å². The fraction of sp³-hybridized carbons (Fsp3) is 0.214. The summed E-state index contributed by atoms with van der Waals surface area (Å²) >= 11 is 1.24. The van der Waals surface area contributed by atoms with Gasteiger partial charge in [-0.25, -0.2) is 0 Å². The summed E-state index contributed by atoms with van der Waals surface area (Å²) in [6.07, 6.45) is 0. The molecule has 0 saturated heterocycles. The summed E-state index contributed by atoms with van der Waals surface area (Å²) in [6.45, 7) is 2.59. The van der Waals surface area contributed by atoms with Gasteiger partial charge in [0.05, 0.1) is 33.1 Å². The Hall–Kier alpha value is -4.51. The van der Waals surface area contributed by atoms with E-state index < -0.39 is 0 Å². The van der Waals surface area contributed by atoms with E-state index in [-0.39, 0.29) is 24.1 Å². The summed E-state index contributed by atoms with van der Waals surface area (Å²) in [5.74, 6) is 2.17. The molecular formula is C28H29N5O5S. The van der Waals surface area contributed by atoms with Gasteiger partial charge in [-0.05, 0) is 73.7 Å². The summed E-state index contributed by atoms with van der Waals surface area (Å²) in [7, 11) is 3.13. The zero-order valence-corrected chi connectivity index (χ0v) is 22.7. The van der Waals surface area contributed by atoms with Crippen LogP contribution >= 0.6 is 11.8 Å². The molecule has 3 aromatic carbocycles. The first-order valence-corrected chi connectivity index (χ1v) is 13.2. The summed E-state index contributed by atoms with van der Waals surface area (Å²) in [6, 6.07) is 21.4. The molecule has 2 amide bonds. The molecule has 1 heterocycles. The average molecular weight is 548 g/mol. The Bertz CT molecular complexity index is 1410. The average Bonchev–Trinajstić information content (AvgIpc) is 3.38. The van der Waals surface area contributed by atoms with Crippen LogP contribution < -0.4 is 24.8 Å². The zero-order valence-electron chi connectivity index (χ0n) is 21.8. The largest absolute Gasteiger partial charge is 0.497 e. The number of methoxy groups -OCH3 is 2.